The van der Waals surface area contributed by atoms with Gasteiger partial charge in [0.2, 0.25) is 0 Å². The molecule has 2 aromatic rings. The highest BCUT2D eigenvalue weighted by Crippen LogP contribution is 2.22. The van der Waals surface area contributed by atoms with Crippen LogP contribution in [0.2, 0.25) is 0 Å². The maximum absolute atomic E-state index is 12.5. The van der Waals surface area contributed by atoms with Crippen molar-refractivity contribution in [1.82, 2.24) is 15.1 Å². The summed E-state index contributed by atoms with van der Waals surface area (Å²) in [6.45, 7) is 2.42. The third kappa shape index (κ3) is 2.54. The van der Waals surface area contributed by atoms with Gasteiger partial charge in [-0.3, -0.25) is 9.89 Å². The van der Waals surface area contributed by atoms with Crippen molar-refractivity contribution in [3.8, 4) is 0 Å². The zero-order chi connectivity index (χ0) is 13.9. The molecule has 0 aliphatic carbocycles. The van der Waals surface area contributed by atoms with E-state index in [1.54, 1.807) is 6.20 Å². The number of fused-ring (bicyclic) bond motifs is 1. The van der Waals surface area contributed by atoms with Gasteiger partial charge < -0.3 is 10.6 Å². The van der Waals surface area contributed by atoms with Gasteiger partial charge in [-0.15, -0.1) is 0 Å². The van der Waals surface area contributed by atoms with E-state index in [4.69, 9.17) is 5.73 Å². The number of aromatic nitrogens is 2. The first-order valence-electron chi connectivity index (χ1n) is 7.20. The number of hydrogen-bond acceptors (Lipinski definition) is 3. The molecule has 5 nitrogen and oxygen atoms in total. The van der Waals surface area contributed by atoms with Gasteiger partial charge >= 0.3 is 0 Å². The maximum Gasteiger partial charge on any atom is 0.253 e. The number of amides is 1. The van der Waals surface area contributed by atoms with Gasteiger partial charge in [-0.25, -0.2) is 0 Å². The number of carbonyl (C=O) groups is 1. The molecular weight excluding hydrogens is 252 g/mol. The third-order valence-electron chi connectivity index (χ3n) is 4.17. The summed E-state index contributed by atoms with van der Waals surface area (Å²) in [6, 6.07) is 5.70. The van der Waals surface area contributed by atoms with E-state index < -0.39 is 0 Å². The van der Waals surface area contributed by atoms with E-state index >= 15 is 0 Å². The van der Waals surface area contributed by atoms with Gasteiger partial charge in [-0.05, 0) is 43.9 Å². The fourth-order valence-corrected chi connectivity index (χ4v) is 2.91. The van der Waals surface area contributed by atoms with Crippen LogP contribution in [0, 0.1) is 5.92 Å². The van der Waals surface area contributed by atoms with Crippen molar-refractivity contribution in [2.75, 3.05) is 19.6 Å². The van der Waals surface area contributed by atoms with Crippen molar-refractivity contribution in [2.24, 2.45) is 11.7 Å². The normalized spacial score (nSPS) is 16.8. The Morgan fingerprint density at radius 3 is 2.95 bits per heavy atom. The fraction of sp³-hybridized carbons (Fsp3) is 0.467. The summed E-state index contributed by atoms with van der Waals surface area (Å²) >= 11 is 0. The number of piperidine rings is 1. The molecule has 1 aliphatic heterocycles. The van der Waals surface area contributed by atoms with Crippen molar-refractivity contribution in [2.45, 2.75) is 19.3 Å². The Bertz CT molecular complexity index is 599. The predicted octanol–water partition coefficient (Wildman–Crippen LogP) is 1.76. The van der Waals surface area contributed by atoms with Crippen molar-refractivity contribution in [3.63, 3.8) is 0 Å². The highest BCUT2D eigenvalue weighted by atomic mass is 16.2. The first kappa shape index (κ1) is 13.1. The molecule has 1 aromatic carbocycles. The molecule has 1 aliphatic rings. The highest BCUT2D eigenvalue weighted by Gasteiger charge is 2.23. The van der Waals surface area contributed by atoms with Gasteiger partial charge in [0.15, 0.2) is 0 Å². The zero-order valence-electron chi connectivity index (χ0n) is 11.5. The average Bonchev–Trinajstić information content (AvgIpc) is 2.95. The largest absolute Gasteiger partial charge is 0.339 e. The molecule has 0 spiro atoms. The van der Waals surface area contributed by atoms with Crippen LogP contribution >= 0.6 is 0 Å². The Morgan fingerprint density at radius 1 is 1.40 bits per heavy atom. The molecule has 1 aromatic heterocycles. The molecule has 1 fully saturated rings. The summed E-state index contributed by atoms with van der Waals surface area (Å²) in [5.41, 5.74) is 7.24. The number of hydrogen-bond donors (Lipinski definition) is 2. The molecule has 1 amide bonds. The van der Waals surface area contributed by atoms with Crippen LogP contribution in [0.1, 0.15) is 29.6 Å². The molecule has 0 saturated carbocycles. The molecule has 0 radical (unpaired) electrons. The predicted molar refractivity (Wildman–Crippen MR) is 78.4 cm³/mol. The summed E-state index contributed by atoms with van der Waals surface area (Å²) in [4.78, 5) is 14.4. The lowest BCUT2D eigenvalue weighted by Crippen LogP contribution is -2.38. The number of aromatic amines is 1. The molecule has 3 rings (SSSR count). The number of likely N-dealkylation sites (tertiary alicyclic amines) is 1. The van der Waals surface area contributed by atoms with Gasteiger partial charge in [0.25, 0.3) is 5.91 Å². The van der Waals surface area contributed by atoms with E-state index in [0.717, 1.165) is 55.4 Å². The van der Waals surface area contributed by atoms with Crippen LogP contribution in [-0.4, -0.2) is 40.6 Å². The summed E-state index contributed by atoms with van der Waals surface area (Å²) in [7, 11) is 0. The fourth-order valence-electron chi connectivity index (χ4n) is 2.91. The third-order valence-corrected chi connectivity index (χ3v) is 4.17. The summed E-state index contributed by atoms with van der Waals surface area (Å²) < 4.78 is 0. The number of H-pyrrole nitrogens is 1. The van der Waals surface area contributed by atoms with E-state index in [-0.39, 0.29) is 5.91 Å². The van der Waals surface area contributed by atoms with Crippen LogP contribution < -0.4 is 5.73 Å². The number of nitrogens with zero attached hydrogens (tertiary/aromatic N) is 2. The molecule has 106 valence electrons. The van der Waals surface area contributed by atoms with Crippen LogP contribution in [0.4, 0.5) is 0 Å². The van der Waals surface area contributed by atoms with E-state index in [9.17, 15) is 4.79 Å². The number of carbonyl (C=O) groups excluding carboxylic acids is 1. The van der Waals surface area contributed by atoms with Gasteiger partial charge in [0.1, 0.15) is 0 Å². The number of rotatable bonds is 3. The minimum atomic E-state index is 0.118. The van der Waals surface area contributed by atoms with Crippen molar-refractivity contribution < 1.29 is 4.79 Å². The Hall–Kier alpha value is -1.88. The first-order chi connectivity index (χ1) is 9.78. The van der Waals surface area contributed by atoms with Crippen molar-refractivity contribution >= 4 is 16.8 Å². The van der Waals surface area contributed by atoms with Crippen LogP contribution in [0.5, 0.6) is 0 Å². The summed E-state index contributed by atoms with van der Waals surface area (Å²) in [6.07, 6.45) is 4.97. The molecule has 0 unspecified atom stereocenters. The minimum absolute atomic E-state index is 0.118. The second-order valence-corrected chi connectivity index (χ2v) is 5.48. The summed E-state index contributed by atoms with van der Waals surface area (Å²) in [5, 5.41) is 7.92. The molecule has 5 heteroatoms. The van der Waals surface area contributed by atoms with Crippen molar-refractivity contribution in [3.05, 3.63) is 30.0 Å². The second kappa shape index (κ2) is 5.63. The lowest BCUT2D eigenvalue weighted by atomic mass is 9.93. The van der Waals surface area contributed by atoms with Crippen LogP contribution in [0.3, 0.4) is 0 Å². The number of benzene rings is 1. The van der Waals surface area contributed by atoms with E-state index in [1.165, 1.54) is 0 Å². The molecule has 1 saturated heterocycles. The first-order valence-corrected chi connectivity index (χ1v) is 7.20. The Balaban J connectivity index is 1.69. The Labute approximate surface area is 118 Å². The SMILES string of the molecule is NCCC1CCN(C(=O)c2ccc3cn[nH]c3c2)CC1. The second-order valence-electron chi connectivity index (χ2n) is 5.48. The molecule has 3 N–H and O–H groups in total. The Morgan fingerprint density at radius 2 is 2.20 bits per heavy atom. The number of nitrogens with one attached hydrogen (secondary N) is 1. The van der Waals surface area contributed by atoms with Crippen LogP contribution in [0.15, 0.2) is 24.4 Å². The quantitative estimate of drug-likeness (QED) is 0.894. The van der Waals surface area contributed by atoms with E-state index in [0.29, 0.717) is 5.92 Å². The van der Waals surface area contributed by atoms with Crippen LogP contribution in [0.25, 0.3) is 10.9 Å². The lowest BCUT2D eigenvalue weighted by molar-refractivity contribution is 0.0688. The van der Waals surface area contributed by atoms with Gasteiger partial charge in [0.05, 0.1) is 11.7 Å². The lowest BCUT2D eigenvalue weighted by Gasteiger charge is -2.32. The average molecular weight is 272 g/mol. The molecule has 0 bridgehead atoms. The number of nitrogens with two attached hydrogens (primary N) is 1. The Kier molecular flexibility index (Phi) is 3.69. The molecule has 2 heterocycles. The molecule has 0 atom stereocenters. The minimum Gasteiger partial charge on any atom is -0.339 e. The topological polar surface area (TPSA) is 75.0 Å². The van der Waals surface area contributed by atoms with Gasteiger partial charge in [-0.1, -0.05) is 6.07 Å². The standard InChI is InChI=1S/C15H20N4O/c16-6-3-11-4-7-19(8-5-11)15(20)12-1-2-13-10-17-18-14(13)9-12/h1-2,9-11H,3-8,16H2,(H,17,18). The molecular formula is C15H20N4O. The zero-order valence-corrected chi connectivity index (χ0v) is 11.5. The van der Waals surface area contributed by atoms with E-state index in [2.05, 4.69) is 10.2 Å². The highest BCUT2D eigenvalue weighted by molar-refractivity contribution is 5.97. The maximum atomic E-state index is 12.5. The molecule has 20 heavy (non-hydrogen) atoms. The van der Waals surface area contributed by atoms with Gasteiger partial charge in [0, 0.05) is 24.0 Å². The van der Waals surface area contributed by atoms with E-state index in [1.807, 2.05) is 23.1 Å². The van der Waals surface area contributed by atoms with Crippen LogP contribution in [-0.2, 0) is 0 Å². The summed E-state index contributed by atoms with van der Waals surface area (Å²) in [5.74, 6) is 0.798. The smallest absolute Gasteiger partial charge is 0.253 e. The van der Waals surface area contributed by atoms with Gasteiger partial charge in [-0.2, -0.15) is 5.10 Å². The monoisotopic (exact) mass is 272 g/mol. The van der Waals surface area contributed by atoms with Crippen molar-refractivity contribution in [1.29, 1.82) is 0 Å².